The van der Waals surface area contributed by atoms with Crippen molar-refractivity contribution in [1.29, 1.82) is 0 Å². The first-order chi connectivity index (χ1) is 11.2. The molecule has 2 aromatic rings. The maximum absolute atomic E-state index is 13.0. The van der Waals surface area contributed by atoms with Crippen LogP contribution in [0.2, 0.25) is 0 Å². The Morgan fingerprint density at radius 2 is 1.61 bits per heavy atom. The number of hydrogen-bond acceptors (Lipinski definition) is 2. The Morgan fingerprint density at radius 1 is 0.957 bits per heavy atom. The third kappa shape index (κ3) is 4.20. The van der Waals surface area contributed by atoms with Crippen LogP contribution in [0.25, 0.3) is 0 Å². The minimum absolute atomic E-state index is 0.196. The molecule has 120 valence electrons. The molecular formula is C18H20FN3S. The van der Waals surface area contributed by atoms with Crippen LogP contribution in [0, 0.1) is 5.82 Å². The summed E-state index contributed by atoms with van der Waals surface area (Å²) in [5, 5.41) is 4.12. The number of piperazine rings is 1. The predicted octanol–water partition coefficient (Wildman–Crippen LogP) is 3.02. The fourth-order valence-electron chi connectivity index (χ4n) is 2.70. The molecule has 0 amide bonds. The van der Waals surface area contributed by atoms with Crippen LogP contribution in [-0.4, -0.2) is 36.2 Å². The van der Waals surface area contributed by atoms with Gasteiger partial charge in [-0.05, 0) is 42.0 Å². The van der Waals surface area contributed by atoms with E-state index in [0.29, 0.717) is 0 Å². The average molecular weight is 329 g/mol. The zero-order chi connectivity index (χ0) is 16.1. The Labute approximate surface area is 141 Å². The molecule has 0 aliphatic carbocycles. The van der Waals surface area contributed by atoms with E-state index in [1.54, 1.807) is 0 Å². The molecule has 0 saturated carbocycles. The van der Waals surface area contributed by atoms with Gasteiger partial charge in [-0.2, -0.15) is 0 Å². The van der Waals surface area contributed by atoms with Gasteiger partial charge in [0.2, 0.25) is 0 Å². The maximum Gasteiger partial charge on any atom is 0.169 e. The molecule has 1 aliphatic rings. The van der Waals surface area contributed by atoms with E-state index in [2.05, 4.69) is 27.2 Å². The smallest absolute Gasteiger partial charge is 0.169 e. The molecule has 0 bridgehead atoms. The highest BCUT2D eigenvalue weighted by atomic mass is 32.1. The fourth-order valence-corrected chi connectivity index (χ4v) is 2.96. The minimum Gasteiger partial charge on any atom is -0.368 e. The van der Waals surface area contributed by atoms with E-state index in [1.165, 1.54) is 17.7 Å². The molecule has 0 radical (unpaired) electrons. The average Bonchev–Trinajstić information content (AvgIpc) is 2.61. The Kier molecular flexibility index (Phi) is 5.08. The molecule has 0 atom stereocenters. The molecule has 3 rings (SSSR count). The lowest BCUT2D eigenvalue weighted by Gasteiger charge is -2.37. The standard InChI is InChI=1S/C18H20FN3S/c19-16-6-8-17(9-7-16)21-10-12-22(13-11-21)18(23)20-14-15-4-2-1-3-5-15/h1-9H,10-14H2,(H,20,23). The summed E-state index contributed by atoms with van der Waals surface area (Å²) < 4.78 is 13.0. The highest BCUT2D eigenvalue weighted by Crippen LogP contribution is 2.17. The van der Waals surface area contributed by atoms with Gasteiger partial charge in [0.1, 0.15) is 5.82 Å². The third-order valence-corrected chi connectivity index (χ3v) is 4.45. The number of benzene rings is 2. The zero-order valence-corrected chi connectivity index (χ0v) is 13.7. The van der Waals surface area contributed by atoms with E-state index in [0.717, 1.165) is 43.5 Å². The molecule has 5 heteroatoms. The molecule has 2 aromatic carbocycles. The summed E-state index contributed by atoms with van der Waals surface area (Å²) >= 11 is 5.49. The second-order valence-corrected chi connectivity index (χ2v) is 5.98. The van der Waals surface area contributed by atoms with Crippen LogP contribution in [0.4, 0.5) is 10.1 Å². The molecule has 0 aromatic heterocycles. The van der Waals surface area contributed by atoms with Gasteiger partial charge in [-0.15, -0.1) is 0 Å². The number of thiocarbonyl (C=S) groups is 1. The largest absolute Gasteiger partial charge is 0.368 e. The van der Waals surface area contributed by atoms with E-state index in [-0.39, 0.29) is 5.82 Å². The van der Waals surface area contributed by atoms with E-state index >= 15 is 0 Å². The van der Waals surface area contributed by atoms with Crippen molar-refractivity contribution in [2.75, 3.05) is 31.1 Å². The van der Waals surface area contributed by atoms with Gasteiger partial charge < -0.3 is 15.1 Å². The summed E-state index contributed by atoms with van der Waals surface area (Å²) in [5.41, 5.74) is 2.29. The van der Waals surface area contributed by atoms with Gasteiger partial charge >= 0.3 is 0 Å². The molecule has 3 nitrogen and oxygen atoms in total. The highest BCUT2D eigenvalue weighted by molar-refractivity contribution is 7.80. The van der Waals surface area contributed by atoms with Crippen molar-refractivity contribution in [2.45, 2.75) is 6.54 Å². The van der Waals surface area contributed by atoms with Crippen molar-refractivity contribution in [1.82, 2.24) is 10.2 Å². The second-order valence-electron chi connectivity index (χ2n) is 5.59. The summed E-state index contributed by atoms with van der Waals surface area (Å²) in [6.45, 7) is 4.27. The number of rotatable bonds is 3. The number of halogens is 1. The normalized spacial score (nSPS) is 14.7. The minimum atomic E-state index is -0.196. The van der Waals surface area contributed by atoms with Crippen LogP contribution in [0.3, 0.4) is 0 Å². The molecule has 1 heterocycles. The van der Waals surface area contributed by atoms with Crippen molar-refractivity contribution >= 4 is 23.0 Å². The van der Waals surface area contributed by atoms with Gasteiger partial charge in [-0.25, -0.2) is 4.39 Å². The molecule has 1 aliphatic heterocycles. The summed E-state index contributed by atoms with van der Waals surface area (Å²) in [7, 11) is 0. The maximum atomic E-state index is 13.0. The lowest BCUT2D eigenvalue weighted by atomic mass is 10.2. The van der Waals surface area contributed by atoms with Crippen molar-refractivity contribution in [3.63, 3.8) is 0 Å². The topological polar surface area (TPSA) is 18.5 Å². The second kappa shape index (κ2) is 7.42. The Morgan fingerprint density at radius 3 is 2.26 bits per heavy atom. The van der Waals surface area contributed by atoms with Gasteiger partial charge in [0.05, 0.1) is 0 Å². The van der Waals surface area contributed by atoms with Crippen molar-refractivity contribution in [3.05, 3.63) is 66.0 Å². The molecule has 0 spiro atoms. The van der Waals surface area contributed by atoms with Gasteiger partial charge in [-0.3, -0.25) is 0 Å². The number of anilines is 1. The highest BCUT2D eigenvalue weighted by Gasteiger charge is 2.19. The molecule has 23 heavy (non-hydrogen) atoms. The van der Waals surface area contributed by atoms with Crippen molar-refractivity contribution in [2.24, 2.45) is 0 Å². The third-order valence-electron chi connectivity index (χ3n) is 4.05. The summed E-state index contributed by atoms with van der Waals surface area (Å²) in [4.78, 5) is 4.45. The van der Waals surface area contributed by atoms with Gasteiger partial charge in [0, 0.05) is 38.4 Å². The first-order valence-electron chi connectivity index (χ1n) is 7.79. The van der Waals surface area contributed by atoms with Crippen LogP contribution in [0.5, 0.6) is 0 Å². The Bertz CT molecular complexity index is 637. The van der Waals surface area contributed by atoms with Crippen molar-refractivity contribution in [3.8, 4) is 0 Å². The van der Waals surface area contributed by atoms with E-state index in [4.69, 9.17) is 12.2 Å². The van der Waals surface area contributed by atoms with Gasteiger partial charge in [-0.1, -0.05) is 30.3 Å². The van der Waals surface area contributed by atoms with Gasteiger partial charge in [0.15, 0.2) is 5.11 Å². The molecule has 1 saturated heterocycles. The van der Waals surface area contributed by atoms with E-state index in [1.807, 2.05) is 30.3 Å². The molecule has 1 fully saturated rings. The zero-order valence-electron chi connectivity index (χ0n) is 12.9. The lowest BCUT2D eigenvalue weighted by Crippen LogP contribution is -2.51. The number of hydrogen-bond donors (Lipinski definition) is 1. The molecule has 1 N–H and O–H groups in total. The first-order valence-corrected chi connectivity index (χ1v) is 8.20. The SMILES string of the molecule is Fc1ccc(N2CCN(C(=S)NCc3ccccc3)CC2)cc1. The van der Waals surface area contributed by atoms with Crippen LogP contribution in [0.1, 0.15) is 5.56 Å². The number of nitrogens with one attached hydrogen (secondary N) is 1. The van der Waals surface area contributed by atoms with Gasteiger partial charge in [0.25, 0.3) is 0 Å². The van der Waals surface area contributed by atoms with E-state index in [9.17, 15) is 4.39 Å². The van der Waals surface area contributed by atoms with Crippen molar-refractivity contribution < 1.29 is 4.39 Å². The Hall–Kier alpha value is -2.14. The lowest BCUT2D eigenvalue weighted by molar-refractivity contribution is 0.380. The molecular weight excluding hydrogens is 309 g/mol. The van der Waals surface area contributed by atoms with Crippen LogP contribution >= 0.6 is 12.2 Å². The summed E-state index contributed by atoms with van der Waals surface area (Å²) in [6.07, 6.45) is 0. The van der Waals surface area contributed by atoms with Crippen LogP contribution in [0.15, 0.2) is 54.6 Å². The summed E-state index contributed by atoms with van der Waals surface area (Å²) in [6, 6.07) is 16.9. The Balaban J connectivity index is 1.48. The van der Waals surface area contributed by atoms with Crippen LogP contribution in [-0.2, 0) is 6.54 Å². The first kappa shape index (κ1) is 15.7. The number of nitrogens with zero attached hydrogens (tertiary/aromatic N) is 2. The summed E-state index contributed by atoms with van der Waals surface area (Å²) in [5.74, 6) is -0.196. The predicted molar refractivity (Wildman–Crippen MR) is 96.1 cm³/mol. The fraction of sp³-hybridized carbons (Fsp3) is 0.278. The van der Waals surface area contributed by atoms with E-state index < -0.39 is 0 Å². The quantitative estimate of drug-likeness (QED) is 0.872. The monoisotopic (exact) mass is 329 g/mol. The van der Waals surface area contributed by atoms with Crippen LogP contribution < -0.4 is 10.2 Å². The molecule has 0 unspecified atom stereocenters.